The van der Waals surface area contributed by atoms with Gasteiger partial charge in [-0.1, -0.05) is 122 Å². The molecule has 2 unspecified atom stereocenters. The van der Waals surface area contributed by atoms with Crippen molar-refractivity contribution in [2.24, 2.45) is 17.6 Å². The highest BCUT2D eigenvalue weighted by atomic mass is 16.6. The molecule has 2 rings (SSSR count). The van der Waals surface area contributed by atoms with E-state index in [1.807, 2.05) is 19.9 Å². The summed E-state index contributed by atoms with van der Waals surface area (Å²) >= 11 is 0. The number of ketones is 2. The van der Waals surface area contributed by atoms with Gasteiger partial charge in [0, 0.05) is 43.8 Å². The number of hydrogen-bond acceptors (Lipinski definition) is 10. The topological polar surface area (TPSA) is 170 Å². The fourth-order valence-corrected chi connectivity index (χ4v) is 7.45. The molecule has 1 heterocycles. The Morgan fingerprint density at radius 1 is 0.842 bits per heavy atom. The first-order valence-electron chi connectivity index (χ1n) is 20.9. The maximum atomic E-state index is 13.7. The highest BCUT2D eigenvalue weighted by Gasteiger charge is 2.36. The molecule has 0 saturated carbocycles. The SMILES string of the molecule is CCCCCCCCCCCCCCCC(=O)O[C@H]1C(OC)CC(C)CC2=C(OC)C(=O)C=C(NC(=O)/C(C)=C/C=C\[C@H](OC)[C@H](OC(N)=O)/C(C)=C/[C@H]1C)C2=O. The van der Waals surface area contributed by atoms with E-state index >= 15 is 0 Å². The van der Waals surface area contributed by atoms with Gasteiger partial charge in [0.05, 0.1) is 18.9 Å². The van der Waals surface area contributed by atoms with Crippen LogP contribution >= 0.6 is 0 Å². The first-order chi connectivity index (χ1) is 27.3. The first kappa shape index (κ1) is 49.1. The average Bonchev–Trinajstić information content (AvgIpc) is 3.17. The van der Waals surface area contributed by atoms with Crippen molar-refractivity contribution in [1.29, 1.82) is 0 Å². The van der Waals surface area contributed by atoms with Crippen molar-refractivity contribution < 1.29 is 47.7 Å². The predicted molar refractivity (Wildman–Crippen MR) is 221 cm³/mol. The van der Waals surface area contributed by atoms with Crippen molar-refractivity contribution in [2.45, 2.75) is 162 Å². The van der Waals surface area contributed by atoms with Gasteiger partial charge in [-0.05, 0) is 44.6 Å². The van der Waals surface area contributed by atoms with Crippen LogP contribution in [0.2, 0.25) is 0 Å². The monoisotopic (exact) mass is 799 g/mol. The maximum Gasteiger partial charge on any atom is 0.405 e. The Hall–Kier alpha value is -4.03. The van der Waals surface area contributed by atoms with Crippen molar-refractivity contribution in [3.63, 3.8) is 0 Å². The molecule has 57 heavy (non-hydrogen) atoms. The van der Waals surface area contributed by atoms with Crippen molar-refractivity contribution in [1.82, 2.24) is 5.32 Å². The third-order valence-corrected chi connectivity index (χ3v) is 10.7. The van der Waals surface area contributed by atoms with E-state index in [4.69, 9.17) is 29.4 Å². The summed E-state index contributed by atoms with van der Waals surface area (Å²) in [4.78, 5) is 65.4. The molecule has 1 aliphatic heterocycles. The molecule has 1 aliphatic carbocycles. The Morgan fingerprint density at radius 2 is 1.44 bits per heavy atom. The molecule has 3 N–H and O–H groups in total. The molecule has 0 spiro atoms. The summed E-state index contributed by atoms with van der Waals surface area (Å²) in [6.45, 7) is 9.35. The van der Waals surface area contributed by atoms with Crippen LogP contribution in [-0.4, -0.2) is 75.3 Å². The zero-order valence-corrected chi connectivity index (χ0v) is 35.8. The lowest BCUT2D eigenvalue weighted by atomic mass is 9.85. The number of allylic oxidation sites excluding steroid dienone is 4. The Kier molecular flexibility index (Phi) is 23.1. The number of Topliss-reactive ketones (excluding diaryl/α,β-unsaturated/α-hetero) is 1. The summed E-state index contributed by atoms with van der Waals surface area (Å²) in [6.07, 6.45) is 19.7. The van der Waals surface area contributed by atoms with E-state index in [2.05, 4.69) is 12.2 Å². The van der Waals surface area contributed by atoms with Crippen LogP contribution in [0.15, 0.2) is 58.6 Å². The summed E-state index contributed by atoms with van der Waals surface area (Å²) in [5.41, 5.74) is 6.29. The molecular formula is C45H70N2O10. The molecule has 12 heteroatoms. The van der Waals surface area contributed by atoms with Gasteiger partial charge in [-0.15, -0.1) is 0 Å². The van der Waals surface area contributed by atoms with Crippen LogP contribution in [0.1, 0.15) is 137 Å². The van der Waals surface area contributed by atoms with E-state index in [0.29, 0.717) is 18.4 Å². The molecule has 2 aliphatic rings. The number of fused-ring (bicyclic) bond motifs is 2. The van der Waals surface area contributed by atoms with Crippen LogP contribution < -0.4 is 11.1 Å². The number of nitrogens with one attached hydrogen (secondary N) is 1. The second kappa shape index (κ2) is 26.8. The number of rotatable bonds is 19. The average molecular weight is 799 g/mol. The van der Waals surface area contributed by atoms with Crippen LogP contribution in [0, 0.1) is 11.8 Å². The summed E-state index contributed by atoms with van der Waals surface area (Å²) in [6, 6.07) is 0. The third kappa shape index (κ3) is 17.2. The van der Waals surface area contributed by atoms with Gasteiger partial charge in [0.15, 0.2) is 11.9 Å². The summed E-state index contributed by atoms with van der Waals surface area (Å²) in [7, 11) is 4.31. The standard InChI is InChI=1S/C45H70N2O10/c1-9-10-11-12-13-14-15-16-17-18-19-20-21-25-39(49)56-42-33(5)28-32(4)41(57-45(46)52)37(53-6)24-22-23-31(3)44(51)47-35-29-36(48)43(55-8)34(40(35)50)26-30(2)27-38(42)54-7/h22-24,28-30,33,37-38,41-42H,9-21,25-27H2,1-8H3,(H2,46,52)(H,47,51)/b24-22-,31-23+,32-28+/t30?,33-,37+,38?,41-,42-/m1/s1. The number of amides is 2. The molecule has 0 radical (unpaired) electrons. The predicted octanol–water partition coefficient (Wildman–Crippen LogP) is 8.44. The van der Waals surface area contributed by atoms with Crippen LogP contribution in [0.3, 0.4) is 0 Å². The molecular weight excluding hydrogens is 728 g/mol. The van der Waals surface area contributed by atoms with Gasteiger partial charge in [0.25, 0.3) is 5.91 Å². The number of hydrogen-bond donors (Lipinski definition) is 2. The van der Waals surface area contributed by atoms with E-state index in [-0.39, 0.29) is 47.3 Å². The number of esters is 1. The number of unbranched alkanes of at least 4 members (excludes halogenated alkanes) is 12. The molecule has 0 saturated heterocycles. The molecule has 2 amide bonds. The Morgan fingerprint density at radius 3 is 1.98 bits per heavy atom. The van der Waals surface area contributed by atoms with Crippen LogP contribution in [0.5, 0.6) is 0 Å². The summed E-state index contributed by atoms with van der Waals surface area (Å²) < 4.78 is 28.8. The summed E-state index contributed by atoms with van der Waals surface area (Å²) in [5.74, 6) is -2.79. The van der Waals surface area contributed by atoms with Crippen LogP contribution in [-0.2, 0) is 42.9 Å². The lowest BCUT2D eigenvalue weighted by molar-refractivity contribution is -0.160. The quantitative estimate of drug-likeness (QED) is 0.0560. The van der Waals surface area contributed by atoms with Gasteiger partial charge in [-0.3, -0.25) is 19.2 Å². The molecule has 0 aromatic rings. The van der Waals surface area contributed by atoms with Gasteiger partial charge < -0.3 is 34.7 Å². The van der Waals surface area contributed by atoms with E-state index < -0.39 is 53.9 Å². The van der Waals surface area contributed by atoms with Crippen molar-refractivity contribution in [3.8, 4) is 0 Å². The number of carbonyl (C=O) groups excluding carboxylic acids is 5. The molecule has 6 atom stereocenters. The fraction of sp³-hybridized carbons (Fsp3) is 0.667. The molecule has 2 bridgehead atoms. The number of methoxy groups -OCH3 is 3. The largest absolute Gasteiger partial charge is 0.492 e. The fourth-order valence-electron chi connectivity index (χ4n) is 7.45. The van der Waals surface area contributed by atoms with E-state index in [1.165, 1.54) is 85.2 Å². The molecule has 0 fully saturated rings. The number of primary amides is 1. The van der Waals surface area contributed by atoms with Gasteiger partial charge in [0.2, 0.25) is 11.6 Å². The lowest BCUT2D eigenvalue weighted by Gasteiger charge is -2.32. The number of carbonyl (C=O) groups is 5. The lowest BCUT2D eigenvalue weighted by Crippen LogP contribution is -2.40. The first-order valence-corrected chi connectivity index (χ1v) is 20.9. The van der Waals surface area contributed by atoms with Crippen molar-refractivity contribution >= 4 is 29.5 Å². The minimum atomic E-state index is -1.01. The molecule has 320 valence electrons. The Bertz CT molecular complexity index is 1490. The molecule has 12 nitrogen and oxygen atoms in total. The number of nitrogens with two attached hydrogens (primary N) is 1. The van der Waals surface area contributed by atoms with Gasteiger partial charge in [-0.2, -0.15) is 0 Å². The van der Waals surface area contributed by atoms with Crippen LogP contribution in [0.25, 0.3) is 0 Å². The smallest absolute Gasteiger partial charge is 0.405 e. The minimum Gasteiger partial charge on any atom is -0.492 e. The third-order valence-electron chi connectivity index (χ3n) is 10.7. The van der Waals surface area contributed by atoms with Gasteiger partial charge in [-0.25, -0.2) is 4.79 Å². The molecule has 0 aromatic carbocycles. The second-order valence-electron chi connectivity index (χ2n) is 15.5. The van der Waals surface area contributed by atoms with Crippen molar-refractivity contribution in [3.05, 3.63) is 58.6 Å². The van der Waals surface area contributed by atoms with Crippen molar-refractivity contribution in [2.75, 3.05) is 21.3 Å². The zero-order valence-electron chi connectivity index (χ0n) is 35.8. The Balaban J connectivity index is 2.34. The number of ether oxygens (including phenoxy) is 5. The van der Waals surface area contributed by atoms with Crippen LogP contribution in [0.4, 0.5) is 4.79 Å². The highest BCUT2D eigenvalue weighted by molar-refractivity contribution is 6.23. The maximum absolute atomic E-state index is 13.7. The molecule has 0 aromatic heterocycles. The zero-order chi connectivity index (χ0) is 42.3. The van der Waals surface area contributed by atoms with Gasteiger partial charge in [0.1, 0.15) is 12.2 Å². The van der Waals surface area contributed by atoms with E-state index in [0.717, 1.165) is 25.3 Å². The second-order valence-corrected chi connectivity index (χ2v) is 15.5. The minimum absolute atomic E-state index is 0.0845. The highest BCUT2D eigenvalue weighted by Crippen LogP contribution is 2.31. The normalized spacial score (nSPS) is 26.4. The van der Waals surface area contributed by atoms with E-state index in [9.17, 15) is 24.0 Å². The van der Waals surface area contributed by atoms with Gasteiger partial charge >= 0.3 is 12.1 Å². The summed E-state index contributed by atoms with van der Waals surface area (Å²) in [5, 5.41) is 2.57. The van der Waals surface area contributed by atoms with E-state index in [1.54, 1.807) is 26.0 Å². The Labute approximate surface area is 341 Å².